The summed E-state index contributed by atoms with van der Waals surface area (Å²) < 4.78 is 17.7. The van der Waals surface area contributed by atoms with Crippen molar-refractivity contribution in [3.05, 3.63) is 61.4 Å². The van der Waals surface area contributed by atoms with Gasteiger partial charge in [0.1, 0.15) is 12.4 Å². The topological polar surface area (TPSA) is 112 Å². The molecule has 9 nitrogen and oxygen atoms in total. The zero-order valence-electron chi connectivity index (χ0n) is 17.2. The minimum Gasteiger partial charge on any atom is -0.493 e. The number of fused-ring (bicyclic) bond motifs is 1. The predicted octanol–water partition coefficient (Wildman–Crippen LogP) is 1.58. The smallest absolute Gasteiger partial charge is 0.337 e. The van der Waals surface area contributed by atoms with Crippen LogP contribution in [0.5, 0.6) is 11.5 Å². The molecule has 1 aromatic carbocycles. The van der Waals surface area contributed by atoms with Crippen LogP contribution in [0.3, 0.4) is 0 Å². The molecule has 0 saturated carbocycles. The fourth-order valence-electron chi connectivity index (χ4n) is 4.08. The molecule has 2 aromatic rings. The number of hydrogen-bond donors (Lipinski definition) is 2. The molecule has 0 aliphatic carbocycles. The number of anilines is 1. The first-order chi connectivity index (χ1) is 14.4. The summed E-state index contributed by atoms with van der Waals surface area (Å²) in [5.74, 6) is 0.101. The lowest BCUT2D eigenvalue weighted by atomic mass is 9.82. The van der Waals surface area contributed by atoms with Gasteiger partial charge >= 0.3 is 11.7 Å². The Balaban J connectivity index is 2.06. The molecule has 0 bridgehead atoms. The van der Waals surface area contributed by atoms with Crippen LogP contribution in [-0.2, 0) is 16.1 Å². The Kier molecular flexibility index (Phi) is 4.89. The second-order valence-corrected chi connectivity index (χ2v) is 7.64. The fourth-order valence-corrected chi connectivity index (χ4v) is 4.08. The van der Waals surface area contributed by atoms with Crippen molar-refractivity contribution < 1.29 is 19.0 Å². The van der Waals surface area contributed by atoms with Gasteiger partial charge in [-0.05, 0) is 12.0 Å². The van der Waals surface area contributed by atoms with Gasteiger partial charge in [0.15, 0.2) is 11.5 Å². The molecule has 2 aliphatic rings. The average Bonchev–Trinajstić information content (AvgIpc) is 3.09. The Bertz CT molecular complexity index is 1170. The van der Waals surface area contributed by atoms with Gasteiger partial charge in [-0.15, -0.1) is 0 Å². The van der Waals surface area contributed by atoms with E-state index >= 15 is 0 Å². The van der Waals surface area contributed by atoms with Gasteiger partial charge < -0.3 is 19.5 Å². The summed E-state index contributed by atoms with van der Waals surface area (Å²) in [6.45, 7) is 4.38. The number of carbonyl (C=O) groups excluding carboxylic acids is 1. The van der Waals surface area contributed by atoms with E-state index in [4.69, 9.17) is 14.2 Å². The van der Waals surface area contributed by atoms with Gasteiger partial charge in [0, 0.05) is 12.1 Å². The van der Waals surface area contributed by atoms with E-state index in [2.05, 4.69) is 10.3 Å². The van der Waals surface area contributed by atoms with E-state index in [1.54, 1.807) is 18.2 Å². The van der Waals surface area contributed by atoms with Crippen LogP contribution in [-0.4, -0.2) is 36.3 Å². The van der Waals surface area contributed by atoms with Gasteiger partial charge in [-0.3, -0.25) is 14.3 Å². The molecule has 0 unspecified atom stereocenters. The van der Waals surface area contributed by atoms with E-state index in [1.807, 2.05) is 13.8 Å². The molecule has 158 valence electrons. The number of para-hydroxylation sites is 1. The Labute approximate surface area is 172 Å². The molecule has 2 aliphatic heterocycles. The lowest BCUT2D eigenvalue weighted by molar-refractivity contribution is -0.136. The van der Waals surface area contributed by atoms with Crippen LogP contribution in [0.4, 0.5) is 5.82 Å². The highest BCUT2D eigenvalue weighted by Crippen LogP contribution is 2.47. The summed E-state index contributed by atoms with van der Waals surface area (Å²) in [4.78, 5) is 40.6. The molecule has 0 radical (unpaired) electrons. The first kappa shape index (κ1) is 19.8. The van der Waals surface area contributed by atoms with Crippen LogP contribution in [0.1, 0.15) is 30.9 Å². The molecule has 1 atom stereocenters. The van der Waals surface area contributed by atoms with E-state index in [-0.39, 0.29) is 18.1 Å². The Morgan fingerprint density at radius 2 is 1.97 bits per heavy atom. The van der Waals surface area contributed by atoms with Gasteiger partial charge in [-0.1, -0.05) is 26.0 Å². The monoisotopic (exact) mass is 413 g/mol. The van der Waals surface area contributed by atoms with Crippen LogP contribution < -0.4 is 26.0 Å². The molecule has 0 amide bonds. The second-order valence-electron chi connectivity index (χ2n) is 7.64. The second kappa shape index (κ2) is 7.40. The Morgan fingerprint density at radius 1 is 1.20 bits per heavy atom. The first-order valence-corrected chi connectivity index (χ1v) is 9.62. The van der Waals surface area contributed by atoms with Crippen molar-refractivity contribution in [3.63, 3.8) is 0 Å². The van der Waals surface area contributed by atoms with Gasteiger partial charge in [0.2, 0.25) is 0 Å². The van der Waals surface area contributed by atoms with Crippen molar-refractivity contribution in [2.45, 2.75) is 26.3 Å². The van der Waals surface area contributed by atoms with Crippen molar-refractivity contribution >= 4 is 11.8 Å². The van der Waals surface area contributed by atoms with Crippen molar-refractivity contribution in [1.82, 2.24) is 9.55 Å². The highest BCUT2D eigenvalue weighted by Gasteiger charge is 2.42. The SMILES string of the molecule is COc1cccc([C@@H]2C3=C(COC3=O)Nc3c2c(=O)[nH]c(=O)n3CC(C)C)c1OC. The molecule has 30 heavy (non-hydrogen) atoms. The third-order valence-corrected chi connectivity index (χ3v) is 5.27. The van der Waals surface area contributed by atoms with Crippen molar-refractivity contribution in [2.75, 3.05) is 26.1 Å². The number of H-pyrrole nitrogens is 1. The van der Waals surface area contributed by atoms with Gasteiger partial charge in [0.05, 0.1) is 37.0 Å². The molecular formula is C21H23N3O6. The number of nitrogens with zero attached hydrogens (tertiary/aromatic N) is 1. The molecule has 0 spiro atoms. The van der Waals surface area contributed by atoms with Crippen LogP contribution in [0.25, 0.3) is 0 Å². The van der Waals surface area contributed by atoms with E-state index in [9.17, 15) is 14.4 Å². The lowest BCUT2D eigenvalue weighted by Crippen LogP contribution is -2.39. The largest absolute Gasteiger partial charge is 0.493 e. The van der Waals surface area contributed by atoms with E-state index in [0.717, 1.165) is 0 Å². The quantitative estimate of drug-likeness (QED) is 0.716. The molecule has 3 heterocycles. The molecule has 4 rings (SSSR count). The van der Waals surface area contributed by atoms with Gasteiger partial charge in [-0.2, -0.15) is 0 Å². The number of aromatic amines is 1. The Hall–Kier alpha value is -3.49. The number of methoxy groups -OCH3 is 2. The number of cyclic esters (lactones) is 1. The van der Waals surface area contributed by atoms with Crippen LogP contribution in [0.15, 0.2) is 39.1 Å². The minimum atomic E-state index is -0.779. The van der Waals surface area contributed by atoms with E-state index in [0.29, 0.717) is 40.7 Å². The highest BCUT2D eigenvalue weighted by molar-refractivity contribution is 5.97. The summed E-state index contributed by atoms with van der Waals surface area (Å²) in [6, 6.07) is 5.27. The summed E-state index contributed by atoms with van der Waals surface area (Å²) >= 11 is 0. The molecule has 1 aromatic heterocycles. The number of esters is 1. The van der Waals surface area contributed by atoms with E-state index in [1.165, 1.54) is 18.8 Å². The average molecular weight is 413 g/mol. The first-order valence-electron chi connectivity index (χ1n) is 9.62. The van der Waals surface area contributed by atoms with Crippen LogP contribution >= 0.6 is 0 Å². The molecule has 0 fully saturated rings. The molecule has 9 heteroatoms. The zero-order chi connectivity index (χ0) is 21.6. The highest BCUT2D eigenvalue weighted by atomic mass is 16.5. The lowest BCUT2D eigenvalue weighted by Gasteiger charge is -2.29. The molecular weight excluding hydrogens is 390 g/mol. The van der Waals surface area contributed by atoms with Gasteiger partial charge in [-0.25, -0.2) is 9.59 Å². The maximum atomic E-state index is 13.0. The van der Waals surface area contributed by atoms with Crippen molar-refractivity contribution in [3.8, 4) is 11.5 Å². The number of carbonyl (C=O) groups is 1. The number of benzene rings is 1. The maximum absolute atomic E-state index is 13.0. The normalized spacial score (nSPS) is 17.4. The number of rotatable bonds is 5. The molecule has 0 saturated heterocycles. The van der Waals surface area contributed by atoms with Crippen molar-refractivity contribution in [2.24, 2.45) is 5.92 Å². The maximum Gasteiger partial charge on any atom is 0.337 e. The third kappa shape index (κ3) is 2.97. The number of hydrogen-bond acceptors (Lipinski definition) is 7. The van der Waals surface area contributed by atoms with Crippen LogP contribution in [0.2, 0.25) is 0 Å². The zero-order valence-corrected chi connectivity index (χ0v) is 17.2. The Morgan fingerprint density at radius 3 is 2.63 bits per heavy atom. The molecule has 2 N–H and O–H groups in total. The number of nitrogens with one attached hydrogen (secondary N) is 2. The third-order valence-electron chi connectivity index (χ3n) is 5.27. The summed E-state index contributed by atoms with van der Waals surface area (Å²) in [7, 11) is 3.01. The number of ether oxygens (including phenoxy) is 3. The predicted molar refractivity (Wildman–Crippen MR) is 109 cm³/mol. The summed E-state index contributed by atoms with van der Waals surface area (Å²) in [6.07, 6.45) is 0. The minimum absolute atomic E-state index is 0.0407. The van der Waals surface area contributed by atoms with Gasteiger partial charge in [0.25, 0.3) is 5.56 Å². The summed E-state index contributed by atoms with van der Waals surface area (Å²) in [5, 5.41) is 3.12. The summed E-state index contributed by atoms with van der Waals surface area (Å²) in [5.41, 5.74) is 0.624. The van der Waals surface area contributed by atoms with Crippen molar-refractivity contribution in [1.29, 1.82) is 0 Å². The standard InChI is InChI=1S/C21H23N3O6/c1-10(2)8-24-18-16(19(25)23-21(24)27)14(15-12(22-18)9-30-20(15)26)11-6-5-7-13(28-3)17(11)29-4/h5-7,10,14,22H,8-9H2,1-4H3,(H,23,25,27)/t14-/m1/s1. The number of aromatic nitrogens is 2. The van der Waals surface area contributed by atoms with Crippen LogP contribution in [0, 0.1) is 5.92 Å². The fraction of sp³-hybridized carbons (Fsp3) is 0.381. The van der Waals surface area contributed by atoms with E-state index < -0.39 is 23.1 Å².